The SMILES string of the molecule is CCC(O)OP(=O)(Cc1ccccc1)OCc1ccccc1. The summed E-state index contributed by atoms with van der Waals surface area (Å²) in [5, 5.41) is 9.69. The molecule has 0 aromatic heterocycles. The van der Waals surface area contributed by atoms with Crippen molar-refractivity contribution < 1.29 is 18.7 Å². The van der Waals surface area contributed by atoms with Crippen molar-refractivity contribution in [3.05, 3.63) is 71.8 Å². The lowest BCUT2D eigenvalue weighted by atomic mass is 10.2. The number of rotatable bonds is 8. The fourth-order valence-corrected chi connectivity index (χ4v) is 3.68. The molecule has 0 aliphatic carbocycles. The maximum absolute atomic E-state index is 12.9. The zero-order chi connectivity index (χ0) is 15.8. The topological polar surface area (TPSA) is 55.8 Å². The molecule has 0 aliphatic rings. The summed E-state index contributed by atoms with van der Waals surface area (Å²) < 4.78 is 23.8. The van der Waals surface area contributed by atoms with Gasteiger partial charge in [0.05, 0.1) is 12.8 Å². The monoisotopic (exact) mass is 320 g/mol. The Morgan fingerprint density at radius 3 is 2.09 bits per heavy atom. The molecule has 4 nitrogen and oxygen atoms in total. The van der Waals surface area contributed by atoms with E-state index in [1.165, 1.54) is 0 Å². The first kappa shape index (κ1) is 16.9. The van der Waals surface area contributed by atoms with Gasteiger partial charge in [-0.1, -0.05) is 67.6 Å². The van der Waals surface area contributed by atoms with Crippen LogP contribution in [0, 0.1) is 0 Å². The molecule has 0 saturated carbocycles. The van der Waals surface area contributed by atoms with Crippen molar-refractivity contribution >= 4 is 7.60 Å². The lowest BCUT2D eigenvalue weighted by Gasteiger charge is -2.21. The number of aliphatic hydroxyl groups is 1. The first-order chi connectivity index (χ1) is 10.6. The van der Waals surface area contributed by atoms with Gasteiger partial charge in [0.1, 0.15) is 0 Å². The lowest BCUT2D eigenvalue weighted by Crippen LogP contribution is -2.11. The standard InChI is InChI=1S/C17H21O4P/c1-2-17(18)21-22(19,14-16-11-7-4-8-12-16)20-13-15-9-5-3-6-10-15/h3-12,17-18H,2,13-14H2,1H3. The predicted octanol–water partition coefficient (Wildman–Crippen LogP) is 4.34. The van der Waals surface area contributed by atoms with Gasteiger partial charge in [0.15, 0.2) is 6.29 Å². The number of hydrogen-bond donors (Lipinski definition) is 1. The van der Waals surface area contributed by atoms with Crippen LogP contribution in [-0.4, -0.2) is 11.4 Å². The van der Waals surface area contributed by atoms with Crippen LogP contribution in [0.3, 0.4) is 0 Å². The molecule has 0 radical (unpaired) electrons. The van der Waals surface area contributed by atoms with Gasteiger partial charge in [-0.3, -0.25) is 9.09 Å². The van der Waals surface area contributed by atoms with Crippen molar-refractivity contribution in [1.82, 2.24) is 0 Å². The van der Waals surface area contributed by atoms with Gasteiger partial charge in [-0.15, -0.1) is 0 Å². The molecule has 0 heterocycles. The van der Waals surface area contributed by atoms with Gasteiger partial charge in [0.25, 0.3) is 0 Å². The second kappa shape index (κ2) is 8.25. The van der Waals surface area contributed by atoms with Crippen LogP contribution in [0.5, 0.6) is 0 Å². The summed E-state index contributed by atoms with van der Waals surface area (Å²) in [5.41, 5.74) is 1.76. The fourth-order valence-electron chi connectivity index (χ4n) is 1.93. The maximum Gasteiger partial charge on any atom is 0.337 e. The minimum atomic E-state index is -3.43. The first-order valence-electron chi connectivity index (χ1n) is 7.29. The lowest BCUT2D eigenvalue weighted by molar-refractivity contribution is -0.0314. The highest BCUT2D eigenvalue weighted by Gasteiger charge is 2.28. The molecular weight excluding hydrogens is 299 g/mol. The third-order valence-corrected chi connectivity index (χ3v) is 4.96. The van der Waals surface area contributed by atoms with E-state index in [2.05, 4.69) is 0 Å². The highest BCUT2D eigenvalue weighted by atomic mass is 31.2. The van der Waals surface area contributed by atoms with E-state index < -0.39 is 13.9 Å². The van der Waals surface area contributed by atoms with E-state index in [9.17, 15) is 9.67 Å². The van der Waals surface area contributed by atoms with Crippen LogP contribution in [0.15, 0.2) is 60.7 Å². The zero-order valence-electron chi connectivity index (χ0n) is 12.6. The summed E-state index contributed by atoms with van der Waals surface area (Å²) in [4.78, 5) is 0. The van der Waals surface area contributed by atoms with E-state index in [0.29, 0.717) is 6.42 Å². The summed E-state index contributed by atoms with van der Waals surface area (Å²) in [7, 11) is -3.43. The Kier molecular flexibility index (Phi) is 6.34. The Morgan fingerprint density at radius 2 is 1.55 bits per heavy atom. The van der Waals surface area contributed by atoms with E-state index in [1.807, 2.05) is 60.7 Å². The zero-order valence-corrected chi connectivity index (χ0v) is 13.5. The molecule has 0 bridgehead atoms. The fraction of sp³-hybridized carbons (Fsp3) is 0.294. The molecular formula is C17H21O4P. The summed E-state index contributed by atoms with van der Waals surface area (Å²) in [6.07, 6.45) is -0.601. The Bertz CT molecular complexity index is 601. The first-order valence-corrected chi connectivity index (χ1v) is 9.02. The second-order valence-electron chi connectivity index (χ2n) is 4.98. The number of aliphatic hydroxyl groups excluding tert-OH is 1. The molecule has 2 rings (SSSR count). The molecule has 22 heavy (non-hydrogen) atoms. The van der Waals surface area contributed by atoms with Gasteiger partial charge < -0.3 is 9.63 Å². The molecule has 0 spiro atoms. The molecule has 2 unspecified atom stereocenters. The van der Waals surface area contributed by atoms with E-state index in [0.717, 1.165) is 11.1 Å². The molecule has 2 aromatic rings. The van der Waals surface area contributed by atoms with Gasteiger partial charge in [0.2, 0.25) is 0 Å². The van der Waals surface area contributed by atoms with Crippen LogP contribution in [0.1, 0.15) is 24.5 Å². The summed E-state index contributed by atoms with van der Waals surface area (Å²) in [5.74, 6) is 0. The van der Waals surface area contributed by atoms with Crippen molar-refractivity contribution in [1.29, 1.82) is 0 Å². The maximum atomic E-state index is 12.9. The number of benzene rings is 2. The summed E-state index contributed by atoms with van der Waals surface area (Å²) in [6, 6.07) is 18.8. The van der Waals surface area contributed by atoms with Crippen molar-refractivity contribution in [2.45, 2.75) is 32.4 Å². The van der Waals surface area contributed by atoms with Crippen LogP contribution in [-0.2, 0) is 26.4 Å². The molecule has 1 N–H and O–H groups in total. The third-order valence-electron chi connectivity index (χ3n) is 3.12. The molecule has 2 aromatic carbocycles. The van der Waals surface area contributed by atoms with Crippen LogP contribution in [0.4, 0.5) is 0 Å². The Morgan fingerprint density at radius 1 is 1.00 bits per heavy atom. The van der Waals surface area contributed by atoms with E-state index >= 15 is 0 Å². The summed E-state index contributed by atoms with van der Waals surface area (Å²) >= 11 is 0. The van der Waals surface area contributed by atoms with Crippen molar-refractivity contribution in [2.75, 3.05) is 0 Å². The Labute approximate surface area is 131 Å². The third kappa shape index (κ3) is 5.39. The highest BCUT2D eigenvalue weighted by Crippen LogP contribution is 2.53. The molecule has 2 atom stereocenters. The van der Waals surface area contributed by atoms with Gasteiger partial charge in [-0.2, -0.15) is 0 Å². The van der Waals surface area contributed by atoms with E-state index in [4.69, 9.17) is 9.05 Å². The molecule has 5 heteroatoms. The Hall–Kier alpha value is -1.45. The van der Waals surface area contributed by atoms with Gasteiger partial charge >= 0.3 is 7.60 Å². The average Bonchev–Trinajstić information content (AvgIpc) is 2.55. The largest absolute Gasteiger partial charge is 0.368 e. The van der Waals surface area contributed by atoms with Crippen LogP contribution in [0.25, 0.3) is 0 Å². The van der Waals surface area contributed by atoms with Gasteiger partial charge in [-0.05, 0) is 17.5 Å². The molecule has 118 valence electrons. The predicted molar refractivity (Wildman–Crippen MR) is 86.4 cm³/mol. The smallest absolute Gasteiger partial charge is 0.337 e. The van der Waals surface area contributed by atoms with Gasteiger partial charge in [0, 0.05) is 0 Å². The summed E-state index contributed by atoms with van der Waals surface area (Å²) in [6.45, 7) is 1.94. The highest BCUT2D eigenvalue weighted by molar-refractivity contribution is 7.53. The van der Waals surface area contributed by atoms with E-state index in [-0.39, 0.29) is 12.8 Å². The average molecular weight is 320 g/mol. The van der Waals surface area contributed by atoms with Crippen LogP contribution < -0.4 is 0 Å². The Balaban J connectivity index is 2.09. The molecule has 0 fully saturated rings. The minimum absolute atomic E-state index is 0.137. The second-order valence-corrected chi connectivity index (χ2v) is 6.99. The molecule has 0 saturated heterocycles. The molecule has 0 amide bonds. The van der Waals surface area contributed by atoms with Gasteiger partial charge in [-0.25, -0.2) is 0 Å². The quantitative estimate of drug-likeness (QED) is 0.580. The minimum Gasteiger partial charge on any atom is -0.368 e. The molecule has 0 aliphatic heterocycles. The number of hydrogen-bond acceptors (Lipinski definition) is 4. The van der Waals surface area contributed by atoms with E-state index in [1.54, 1.807) is 6.92 Å². The van der Waals surface area contributed by atoms with Crippen molar-refractivity contribution in [3.63, 3.8) is 0 Å². The van der Waals surface area contributed by atoms with Crippen LogP contribution >= 0.6 is 7.60 Å². The normalized spacial score (nSPS) is 15.2. The van der Waals surface area contributed by atoms with Crippen molar-refractivity contribution in [3.8, 4) is 0 Å². The van der Waals surface area contributed by atoms with Crippen LogP contribution in [0.2, 0.25) is 0 Å². The van der Waals surface area contributed by atoms with Crippen molar-refractivity contribution in [2.24, 2.45) is 0 Å².